The molecule has 25 heavy (non-hydrogen) atoms. The number of urea groups is 1. The molecule has 0 unspecified atom stereocenters. The average molecular weight is 388 g/mol. The van der Waals surface area contributed by atoms with Crippen molar-refractivity contribution in [2.75, 3.05) is 25.1 Å². The molecule has 1 saturated heterocycles. The van der Waals surface area contributed by atoms with Gasteiger partial charge in [0.2, 0.25) is 10.0 Å². The lowest BCUT2D eigenvalue weighted by Gasteiger charge is -2.32. The Morgan fingerprint density at radius 1 is 1.24 bits per heavy atom. The largest absolute Gasteiger partial charge is 0.335 e. The fourth-order valence-corrected chi connectivity index (χ4v) is 5.21. The van der Waals surface area contributed by atoms with Crippen LogP contribution >= 0.6 is 11.8 Å². The zero-order valence-corrected chi connectivity index (χ0v) is 15.6. The first-order valence-electron chi connectivity index (χ1n) is 8.27. The number of halogens is 1. The summed E-state index contributed by atoms with van der Waals surface area (Å²) in [5, 5.41) is 5.84. The average Bonchev–Trinajstić information content (AvgIpc) is 2.55. The molecule has 9 heteroatoms. The standard InChI is InChI=1S/C16H22FN3O3S2/c1-25(22,23)20-7-4-12(5-8-20)18-16(21)19-14-6-9-24-15-3-2-11(17)10-13(14)15/h2-3,10,12,14H,4-9H2,1H3,(H2,18,19,21)/t14-/m0/s1. The Morgan fingerprint density at radius 3 is 2.64 bits per heavy atom. The van der Waals surface area contributed by atoms with Crippen molar-refractivity contribution in [1.29, 1.82) is 0 Å². The van der Waals surface area contributed by atoms with Crippen LogP contribution in [0.25, 0.3) is 0 Å². The molecule has 1 fully saturated rings. The Morgan fingerprint density at radius 2 is 1.96 bits per heavy atom. The Labute approximate surface area is 151 Å². The van der Waals surface area contributed by atoms with E-state index < -0.39 is 10.0 Å². The highest BCUT2D eigenvalue weighted by atomic mass is 32.2. The molecular weight excluding hydrogens is 365 g/mol. The second kappa shape index (κ2) is 7.51. The molecule has 0 aliphatic carbocycles. The summed E-state index contributed by atoms with van der Waals surface area (Å²) in [6.07, 6.45) is 3.13. The van der Waals surface area contributed by atoms with E-state index >= 15 is 0 Å². The highest BCUT2D eigenvalue weighted by molar-refractivity contribution is 7.99. The first kappa shape index (κ1) is 18.5. The predicted molar refractivity (Wildman–Crippen MR) is 95.6 cm³/mol. The van der Waals surface area contributed by atoms with Crippen molar-refractivity contribution in [2.45, 2.75) is 36.2 Å². The topological polar surface area (TPSA) is 78.5 Å². The van der Waals surface area contributed by atoms with Gasteiger partial charge in [-0.1, -0.05) is 0 Å². The Kier molecular flexibility index (Phi) is 5.55. The van der Waals surface area contributed by atoms with Crippen LogP contribution in [0, 0.1) is 5.82 Å². The summed E-state index contributed by atoms with van der Waals surface area (Å²) in [6, 6.07) is 4.12. The van der Waals surface area contributed by atoms with Gasteiger partial charge in [-0.2, -0.15) is 0 Å². The van der Waals surface area contributed by atoms with E-state index in [1.165, 1.54) is 22.7 Å². The van der Waals surface area contributed by atoms with Crippen LogP contribution in [0.4, 0.5) is 9.18 Å². The van der Waals surface area contributed by atoms with E-state index in [1.54, 1.807) is 17.8 Å². The van der Waals surface area contributed by atoms with Crippen molar-refractivity contribution >= 4 is 27.8 Å². The van der Waals surface area contributed by atoms with Crippen molar-refractivity contribution < 1.29 is 17.6 Å². The number of hydrogen-bond donors (Lipinski definition) is 2. The number of amides is 2. The minimum Gasteiger partial charge on any atom is -0.335 e. The van der Waals surface area contributed by atoms with Gasteiger partial charge in [-0.3, -0.25) is 0 Å². The van der Waals surface area contributed by atoms with Gasteiger partial charge in [0.1, 0.15) is 5.82 Å². The fraction of sp³-hybridized carbons (Fsp3) is 0.562. The molecule has 1 aromatic carbocycles. The van der Waals surface area contributed by atoms with E-state index in [0.29, 0.717) is 25.9 Å². The molecule has 1 aromatic rings. The molecule has 0 saturated carbocycles. The first-order valence-corrected chi connectivity index (χ1v) is 11.1. The molecule has 1 atom stereocenters. The summed E-state index contributed by atoms with van der Waals surface area (Å²) >= 11 is 1.67. The number of rotatable bonds is 3. The Hall–Kier alpha value is -1.32. The van der Waals surface area contributed by atoms with E-state index in [4.69, 9.17) is 0 Å². The molecular formula is C16H22FN3O3S2. The van der Waals surface area contributed by atoms with Gasteiger partial charge in [-0.25, -0.2) is 21.9 Å². The second-order valence-corrected chi connectivity index (χ2v) is 9.55. The summed E-state index contributed by atoms with van der Waals surface area (Å²) in [6.45, 7) is 0.829. The molecule has 0 radical (unpaired) electrons. The number of benzene rings is 1. The van der Waals surface area contributed by atoms with E-state index in [9.17, 15) is 17.6 Å². The maximum atomic E-state index is 13.5. The smallest absolute Gasteiger partial charge is 0.315 e. The van der Waals surface area contributed by atoms with Gasteiger partial charge in [0.15, 0.2) is 0 Å². The fourth-order valence-electron chi connectivity index (χ4n) is 3.23. The zero-order valence-electron chi connectivity index (χ0n) is 14.0. The van der Waals surface area contributed by atoms with Gasteiger partial charge in [0.25, 0.3) is 0 Å². The zero-order chi connectivity index (χ0) is 18.0. The van der Waals surface area contributed by atoms with Crippen LogP contribution in [0.1, 0.15) is 30.9 Å². The lowest BCUT2D eigenvalue weighted by Crippen LogP contribution is -2.49. The molecule has 2 aliphatic heterocycles. The van der Waals surface area contributed by atoms with Gasteiger partial charge in [-0.05, 0) is 43.0 Å². The summed E-state index contributed by atoms with van der Waals surface area (Å²) in [5.74, 6) is 0.567. The number of sulfonamides is 1. The van der Waals surface area contributed by atoms with Crippen LogP contribution in [-0.2, 0) is 10.0 Å². The van der Waals surface area contributed by atoms with Crippen LogP contribution in [0.3, 0.4) is 0 Å². The maximum Gasteiger partial charge on any atom is 0.315 e. The van der Waals surface area contributed by atoms with E-state index in [2.05, 4.69) is 10.6 Å². The third kappa shape index (κ3) is 4.65. The molecule has 3 rings (SSSR count). The highest BCUT2D eigenvalue weighted by Gasteiger charge is 2.27. The summed E-state index contributed by atoms with van der Waals surface area (Å²) < 4.78 is 38.0. The normalized spacial score (nSPS) is 22.2. The van der Waals surface area contributed by atoms with Gasteiger partial charge in [-0.15, -0.1) is 11.8 Å². The summed E-state index contributed by atoms with van der Waals surface area (Å²) in [7, 11) is -3.17. The van der Waals surface area contributed by atoms with Crippen LogP contribution in [0.5, 0.6) is 0 Å². The quantitative estimate of drug-likeness (QED) is 0.832. The molecule has 2 heterocycles. The van der Waals surface area contributed by atoms with Crippen LogP contribution in [-0.4, -0.2) is 49.9 Å². The lowest BCUT2D eigenvalue weighted by molar-refractivity contribution is 0.223. The lowest BCUT2D eigenvalue weighted by atomic mass is 10.0. The number of carbonyl (C=O) groups is 1. The molecule has 6 nitrogen and oxygen atoms in total. The maximum absolute atomic E-state index is 13.5. The number of thioether (sulfide) groups is 1. The van der Waals surface area contributed by atoms with Gasteiger partial charge < -0.3 is 10.6 Å². The third-order valence-electron chi connectivity index (χ3n) is 4.57. The van der Waals surface area contributed by atoms with Crippen molar-refractivity contribution in [3.8, 4) is 0 Å². The molecule has 0 bridgehead atoms. The number of carbonyl (C=O) groups excluding carboxylic acids is 1. The van der Waals surface area contributed by atoms with Crippen molar-refractivity contribution in [3.05, 3.63) is 29.6 Å². The minimum atomic E-state index is -3.17. The van der Waals surface area contributed by atoms with Crippen molar-refractivity contribution in [3.63, 3.8) is 0 Å². The van der Waals surface area contributed by atoms with Gasteiger partial charge in [0, 0.05) is 29.8 Å². The van der Waals surface area contributed by atoms with Gasteiger partial charge in [0.05, 0.1) is 12.3 Å². The SMILES string of the molecule is CS(=O)(=O)N1CCC(NC(=O)N[C@H]2CCSc3ccc(F)cc32)CC1. The third-order valence-corrected chi connectivity index (χ3v) is 7.00. The van der Waals surface area contributed by atoms with Crippen LogP contribution in [0.15, 0.2) is 23.1 Å². The molecule has 138 valence electrons. The number of nitrogens with zero attached hydrogens (tertiary/aromatic N) is 1. The molecule has 0 aromatic heterocycles. The van der Waals surface area contributed by atoms with Crippen LogP contribution in [0.2, 0.25) is 0 Å². The van der Waals surface area contributed by atoms with E-state index in [0.717, 1.165) is 22.6 Å². The van der Waals surface area contributed by atoms with Crippen LogP contribution < -0.4 is 10.6 Å². The highest BCUT2D eigenvalue weighted by Crippen LogP contribution is 2.36. The summed E-state index contributed by atoms with van der Waals surface area (Å²) in [4.78, 5) is 13.3. The van der Waals surface area contributed by atoms with E-state index in [-0.39, 0.29) is 23.9 Å². The monoisotopic (exact) mass is 387 g/mol. The number of hydrogen-bond acceptors (Lipinski definition) is 4. The van der Waals surface area contributed by atoms with Gasteiger partial charge >= 0.3 is 6.03 Å². The predicted octanol–water partition coefficient (Wildman–Crippen LogP) is 2.09. The number of fused-ring (bicyclic) bond motifs is 1. The molecule has 2 amide bonds. The molecule has 2 N–H and O–H groups in total. The Bertz CT molecular complexity index is 749. The van der Waals surface area contributed by atoms with E-state index in [1.807, 2.05) is 0 Å². The second-order valence-electron chi connectivity index (χ2n) is 6.43. The van der Waals surface area contributed by atoms with Crippen molar-refractivity contribution in [1.82, 2.24) is 14.9 Å². The number of piperidine rings is 1. The number of nitrogens with one attached hydrogen (secondary N) is 2. The minimum absolute atomic E-state index is 0.0528. The Balaban J connectivity index is 1.55. The molecule has 0 spiro atoms. The molecule has 2 aliphatic rings. The summed E-state index contributed by atoms with van der Waals surface area (Å²) in [5.41, 5.74) is 0.818. The van der Waals surface area contributed by atoms with Crippen molar-refractivity contribution in [2.24, 2.45) is 0 Å². The first-order chi connectivity index (χ1) is 11.8.